The summed E-state index contributed by atoms with van der Waals surface area (Å²) < 4.78 is 5.65. The first-order chi connectivity index (χ1) is 11.6. The zero-order valence-corrected chi connectivity index (χ0v) is 14.0. The number of carbonyl (C=O) groups is 1. The van der Waals surface area contributed by atoms with Gasteiger partial charge in [-0.2, -0.15) is 11.3 Å². The van der Waals surface area contributed by atoms with Crippen LogP contribution in [0.15, 0.2) is 51.6 Å². The molecule has 1 atom stereocenters. The molecular formula is C18H18N2O3S. The van der Waals surface area contributed by atoms with Crippen LogP contribution in [0.2, 0.25) is 0 Å². The standard InChI is InChI=1S/C18H18N2O3S/c1-12-15(20-18(23-12)13-5-3-2-4-6-13)9-17(22)19-10-16(21)14-7-8-24-11-14/h2-8,11,16,21H,9-10H2,1H3,(H,19,22). The molecule has 124 valence electrons. The number of nitrogens with one attached hydrogen (secondary N) is 1. The van der Waals surface area contributed by atoms with Gasteiger partial charge in [-0.1, -0.05) is 18.2 Å². The van der Waals surface area contributed by atoms with Crippen molar-refractivity contribution >= 4 is 17.2 Å². The lowest BCUT2D eigenvalue weighted by atomic mass is 10.2. The summed E-state index contributed by atoms with van der Waals surface area (Å²) in [7, 11) is 0. The predicted octanol–water partition coefficient (Wildman–Crippen LogP) is 3.10. The molecule has 0 fully saturated rings. The molecule has 2 heterocycles. The number of aliphatic hydroxyl groups excluding tert-OH is 1. The molecule has 0 saturated heterocycles. The van der Waals surface area contributed by atoms with Crippen molar-refractivity contribution in [2.24, 2.45) is 0 Å². The number of oxazole rings is 1. The van der Waals surface area contributed by atoms with Crippen molar-refractivity contribution in [2.75, 3.05) is 6.54 Å². The van der Waals surface area contributed by atoms with E-state index in [-0.39, 0.29) is 18.9 Å². The molecule has 1 unspecified atom stereocenters. The van der Waals surface area contributed by atoms with Crippen molar-refractivity contribution in [2.45, 2.75) is 19.4 Å². The minimum absolute atomic E-state index is 0.124. The molecule has 3 aromatic rings. The predicted molar refractivity (Wildman–Crippen MR) is 92.7 cm³/mol. The highest BCUT2D eigenvalue weighted by atomic mass is 32.1. The third-order valence-electron chi connectivity index (χ3n) is 3.66. The lowest BCUT2D eigenvalue weighted by Crippen LogP contribution is -2.29. The smallest absolute Gasteiger partial charge is 0.226 e. The Morgan fingerprint density at radius 3 is 2.83 bits per heavy atom. The van der Waals surface area contributed by atoms with Crippen LogP contribution in [0.25, 0.3) is 11.5 Å². The minimum Gasteiger partial charge on any atom is -0.441 e. The second kappa shape index (κ2) is 7.42. The molecule has 0 aliphatic carbocycles. The maximum atomic E-state index is 12.1. The fourth-order valence-corrected chi connectivity index (χ4v) is 3.01. The van der Waals surface area contributed by atoms with E-state index in [1.54, 1.807) is 6.92 Å². The number of aryl methyl sites for hydroxylation is 1. The average Bonchev–Trinajstić information content (AvgIpc) is 3.24. The summed E-state index contributed by atoms with van der Waals surface area (Å²) in [6.45, 7) is 1.97. The van der Waals surface area contributed by atoms with Gasteiger partial charge in [0.15, 0.2) is 0 Å². The van der Waals surface area contributed by atoms with E-state index in [1.807, 2.05) is 47.2 Å². The van der Waals surface area contributed by atoms with E-state index >= 15 is 0 Å². The van der Waals surface area contributed by atoms with Crippen LogP contribution in [0.4, 0.5) is 0 Å². The molecule has 0 spiro atoms. The summed E-state index contributed by atoms with van der Waals surface area (Å²) in [5, 5.41) is 16.5. The van der Waals surface area contributed by atoms with Crippen LogP contribution < -0.4 is 5.32 Å². The van der Waals surface area contributed by atoms with Gasteiger partial charge in [0.2, 0.25) is 11.8 Å². The molecule has 1 amide bonds. The van der Waals surface area contributed by atoms with Gasteiger partial charge in [0.05, 0.1) is 18.2 Å². The van der Waals surface area contributed by atoms with Gasteiger partial charge in [0, 0.05) is 12.1 Å². The number of benzene rings is 1. The van der Waals surface area contributed by atoms with Crippen molar-refractivity contribution < 1.29 is 14.3 Å². The van der Waals surface area contributed by atoms with Crippen LogP contribution in [-0.4, -0.2) is 22.5 Å². The summed E-state index contributed by atoms with van der Waals surface area (Å²) in [5.74, 6) is 0.942. The first-order valence-corrected chi connectivity index (χ1v) is 8.56. The summed E-state index contributed by atoms with van der Waals surface area (Å²) in [4.78, 5) is 16.5. The van der Waals surface area contributed by atoms with Gasteiger partial charge in [-0.15, -0.1) is 0 Å². The number of hydrogen-bond donors (Lipinski definition) is 2. The van der Waals surface area contributed by atoms with E-state index < -0.39 is 6.10 Å². The van der Waals surface area contributed by atoms with Crippen molar-refractivity contribution in [1.82, 2.24) is 10.3 Å². The average molecular weight is 342 g/mol. The Kier molecular flexibility index (Phi) is 5.08. The topological polar surface area (TPSA) is 75.4 Å². The molecule has 2 aromatic heterocycles. The van der Waals surface area contributed by atoms with E-state index in [1.165, 1.54) is 11.3 Å². The number of hydrogen-bond acceptors (Lipinski definition) is 5. The van der Waals surface area contributed by atoms with Crippen LogP contribution in [0.3, 0.4) is 0 Å². The monoisotopic (exact) mass is 342 g/mol. The molecule has 0 bridgehead atoms. The highest BCUT2D eigenvalue weighted by Gasteiger charge is 2.16. The third kappa shape index (κ3) is 3.90. The first kappa shape index (κ1) is 16.4. The Bertz CT molecular complexity index is 797. The molecule has 0 aliphatic heterocycles. The van der Waals surface area contributed by atoms with Gasteiger partial charge < -0.3 is 14.8 Å². The molecule has 24 heavy (non-hydrogen) atoms. The maximum Gasteiger partial charge on any atom is 0.226 e. The molecule has 0 radical (unpaired) electrons. The van der Waals surface area contributed by atoms with Crippen LogP contribution in [0.1, 0.15) is 23.1 Å². The lowest BCUT2D eigenvalue weighted by Gasteiger charge is -2.10. The van der Waals surface area contributed by atoms with Crippen molar-refractivity contribution in [3.63, 3.8) is 0 Å². The third-order valence-corrected chi connectivity index (χ3v) is 4.36. The summed E-state index contributed by atoms with van der Waals surface area (Å²) in [5.41, 5.74) is 2.29. The molecule has 0 saturated carbocycles. The normalized spacial score (nSPS) is 12.1. The van der Waals surface area contributed by atoms with Gasteiger partial charge >= 0.3 is 0 Å². The van der Waals surface area contributed by atoms with Gasteiger partial charge in [0.1, 0.15) is 5.76 Å². The number of carbonyl (C=O) groups excluding carboxylic acids is 1. The Morgan fingerprint density at radius 1 is 1.33 bits per heavy atom. The maximum absolute atomic E-state index is 12.1. The zero-order valence-electron chi connectivity index (χ0n) is 13.2. The minimum atomic E-state index is -0.696. The molecular weight excluding hydrogens is 324 g/mol. The van der Waals surface area contributed by atoms with E-state index in [4.69, 9.17) is 4.42 Å². The van der Waals surface area contributed by atoms with Crippen LogP contribution in [0, 0.1) is 6.92 Å². The molecule has 1 aromatic carbocycles. The van der Waals surface area contributed by atoms with Crippen molar-refractivity contribution in [3.8, 4) is 11.5 Å². The number of aliphatic hydroxyl groups is 1. The Labute approximate surface area is 144 Å². The lowest BCUT2D eigenvalue weighted by molar-refractivity contribution is -0.121. The largest absolute Gasteiger partial charge is 0.441 e. The van der Waals surface area contributed by atoms with Crippen LogP contribution >= 0.6 is 11.3 Å². The number of thiophene rings is 1. The SMILES string of the molecule is Cc1oc(-c2ccccc2)nc1CC(=O)NCC(O)c1ccsc1. The first-order valence-electron chi connectivity index (χ1n) is 7.62. The van der Waals surface area contributed by atoms with E-state index in [9.17, 15) is 9.90 Å². The molecule has 0 aliphatic rings. The Hall–Kier alpha value is -2.44. The summed E-state index contributed by atoms with van der Waals surface area (Å²) >= 11 is 1.51. The summed E-state index contributed by atoms with van der Waals surface area (Å²) in [6.07, 6.45) is -0.572. The van der Waals surface area contributed by atoms with Gasteiger partial charge in [0.25, 0.3) is 0 Å². The van der Waals surface area contributed by atoms with Crippen LogP contribution in [0.5, 0.6) is 0 Å². The Morgan fingerprint density at radius 2 is 2.12 bits per heavy atom. The number of aromatic nitrogens is 1. The summed E-state index contributed by atoms with van der Waals surface area (Å²) in [6, 6.07) is 11.4. The highest BCUT2D eigenvalue weighted by Crippen LogP contribution is 2.21. The van der Waals surface area contributed by atoms with Crippen LogP contribution in [-0.2, 0) is 11.2 Å². The quantitative estimate of drug-likeness (QED) is 0.722. The van der Waals surface area contributed by atoms with Gasteiger partial charge in [-0.05, 0) is 41.4 Å². The Balaban J connectivity index is 1.59. The van der Waals surface area contributed by atoms with Gasteiger partial charge in [-0.25, -0.2) is 4.98 Å². The second-order valence-corrected chi connectivity index (χ2v) is 6.22. The van der Waals surface area contributed by atoms with E-state index in [0.717, 1.165) is 11.1 Å². The zero-order chi connectivity index (χ0) is 16.9. The highest BCUT2D eigenvalue weighted by molar-refractivity contribution is 7.07. The van der Waals surface area contributed by atoms with Crippen molar-refractivity contribution in [1.29, 1.82) is 0 Å². The molecule has 6 heteroatoms. The van der Waals surface area contributed by atoms with Gasteiger partial charge in [-0.3, -0.25) is 4.79 Å². The van der Waals surface area contributed by atoms with Crippen molar-refractivity contribution in [3.05, 3.63) is 64.2 Å². The van der Waals surface area contributed by atoms with E-state index in [0.29, 0.717) is 17.3 Å². The number of nitrogens with zero attached hydrogens (tertiary/aromatic N) is 1. The van der Waals surface area contributed by atoms with E-state index in [2.05, 4.69) is 10.3 Å². The fraction of sp³-hybridized carbons (Fsp3) is 0.222. The second-order valence-electron chi connectivity index (χ2n) is 5.44. The number of rotatable bonds is 6. The molecule has 2 N–H and O–H groups in total. The number of amides is 1. The molecule has 3 rings (SSSR count). The molecule has 5 nitrogen and oxygen atoms in total. The fourth-order valence-electron chi connectivity index (χ4n) is 2.30.